The summed E-state index contributed by atoms with van der Waals surface area (Å²) < 4.78 is 1.74. The average molecular weight is 385 g/mol. The Morgan fingerprint density at radius 2 is 1.62 bits per heavy atom. The van der Waals surface area contributed by atoms with Crippen LogP contribution in [0.5, 0.6) is 0 Å². The number of carbonyl (C=O) groups excluding carboxylic acids is 1. The third-order valence-corrected chi connectivity index (χ3v) is 4.71. The number of amides is 1. The maximum atomic E-state index is 13.3. The van der Waals surface area contributed by atoms with Crippen molar-refractivity contribution in [2.24, 2.45) is 0 Å². The maximum Gasteiger partial charge on any atom is 0.337 e. The van der Waals surface area contributed by atoms with Gasteiger partial charge in [-0.1, -0.05) is 48.0 Å². The number of hydrogen-bond acceptors (Lipinski definition) is 3. The molecule has 0 unspecified atom stereocenters. The number of carbonyl (C=O) groups is 2. The molecule has 2 heterocycles. The van der Waals surface area contributed by atoms with Gasteiger partial charge >= 0.3 is 5.97 Å². The molecular weight excluding hydrogens is 366 g/mol. The minimum Gasteiger partial charge on any atom is -0.478 e. The fourth-order valence-electron chi connectivity index (χ4n) is 3.24. The largest absolute Gasteiger partial charge is 0.478 e. The number of para-hydroxylation sites is 1. The minimum absolute atomic E-state index is 0.0303. The van der Waals surface area contributed by atoms with Crippen LogP contribution in [-0.2, 0) is 0 Å². The number of carboxylic acids is 1. The van der Waals surface area contributed by atoms with Crippen molar-refractivity contribution < 1.29 is 14.7 Å². The van der Waals surface area contributed by atoms with Gasteiger partial charge in [0.05, 0.1) is 11.3 Å². The van der Waals surface area contributed by atoms with Crippen LogP contribution in [0.3, 0.4) is 0 Å². The third-order valence-electron chi connectivity index (χ3n) is 4.71. The Morgan fingerprint density at radius 3 is 2.34 bits per heavy atom. The van der Waals surface area contributed by atoms with Crippen molar-refractivity contribution >= 4 is 23.2 Å². The van der Waals surface area contributed by atoms with Gasteiger partial charge in [-0.2, -0.15) is 0 Å². The number of aryl methyl sites for hydroxylation is 2. The van der Waals surface area contributed by atoms with E-state index in [2.05, 4.69) is 10.3 Å². The third kappa shape index (κ3) is 3.48. The summed E-state index contributed by atoms with van der Waals surface area (Å²) in [4.78, 5) is 29.4. The summed E-state index contributed by atoms with van der Waals surface area (Å²) in [6.45, 7) is 3.93. The molecule has 0 saturated heterocycles. The zero-order valence-corrected chi connectivity index (χ0v) is 16.0. The van der Waals surface area contributed by atoms with Gasteiger partial charge < -0.3 is 10.4 Å². The number of pyridine rings is 1. The van der Waals surface area contributed by atoms with E-state index in [1.807, 2.05) is 56.4 Å². The number of benzene rings is 2. The van der Waals surface area contributed by atoms with E-state index in [0.29, 0.717) is 17.0 Å². The first-order chi connectivity index (χ1) is 13.9. The molecule has 0 radical (unpaired) electrons. The van der Waals surface area contributed by atoms with Crippen LogP contribution >= 0.6 is 0 Å². The predicted octanol–water partition coefficient (Wildman–Crippen LogP) is 4.57. The topological polar surface area (TPSA) is 83.7 Å². The van der Waals surface area contributed by atoms with Crippen molar-refractivity contribution in [3.63, 3.8) is 0 Å². The Kier molecular flexibility index (Phi) is 4.60. The lowest BCUT2D eigenvalue weighted by molar-refractivity contribution is 0.0698. The van der Waals surface area contributed by atoms with Gasteiger partial charge in [-0.25, -0.2) is 9.78 Å². The zero-order chi connectivity index (χ0) is 20.5. The molecule has 2 aromatic heterocycles. The number of anilines is 1. The molecule has 4 aromatic rings. The number of nitrogens with one attached hydrogen (secondary N) is 1. The first kappa shape index (κ1) is 18.4. The second-order valence-corrected chi connectivity index (χ2v) is 6.91. The number of aromatic nitrogens is 2. The van der Waals surface area contributed by atoms with E-state index in [1.54, 1.807) is 22.6 Å². The molecule has 0 aliphatic carbocycles. The van der Waals surface area contributed by atoms with Crippen LogP contribution in [0.15, 0.2) is 66.9 Å². The van der Waals surface area contributed by atoms with Crippen LogP contribution in [0, 0.1) is 13.8 Å². The predicted molar refractivity (Wildman–Crippen MR) is 111 cm³/mol. The number of nitrogens with zero attached hydrogens (tertiary/aromatic N) is 2. The molecule has 2 N–H and O–H groups in total. The van der Waals surface area contributed by atoms with Crippen molar-refractivity contribution in [2.75, 3.05) is 5.32 Å². The number of hydrogen-bond donors (Lipinski definition) is 2. The van der Waals surface area contributed by atoms with Gasteiger partial charge in [0.1, 0.15) is 17.0 Å². The fourth-order valence-corrected chi connectivity index (χ4v) is 3.24. The molecule has 2 aromatic carbocycles. The van der Waals surface area contributed by atoms with E-state index in [0.717, 1.165) is 16.7 Å². The molecule has 0 aliphatic rings. The lowest BCUT2D eigenvalue weighted by Crippen LogP contribution is -2.17. The quantitative estimate of drug-likeness (QED) is 0.539. The van der Waals surface area contributed by atoms with Gasteiger partial charge in [0.2, 0.25) is 0 Å². The van der Waals surface area contributed by atoms with E-state index < -0.39 is 11.9 Å². The van der Waals surface area contributed by atoms with Crippen molar-refractivity contribution in [3.05, 3.63) is 89.2 Å². The van der Waals surface area contributed by atoms with Crippen LogP contribution in [0.1, 0.15) is 32.0 Å². The van der Waals surface area contributed by atoms with E-state index in [9.17, 15) is 14.7 Å². The maximum absolute atomic E-state index is 13.3. The van der Waals surface area contributed by atoms with E-state index in [-0.39, 0.29) is 11.3 Å². The van der Waals surface area contributed by atoms with Gasteiger partial charge in [-0.05, 0) is 37.6 Å². The van der Waals surface area contributed by atoms with E-state index >= 15 is 0 Å². The second kappa shape index (κ2) is 7.24. The highest BCUT2D eigenvalue weighted by molar-refractivity contribution is 6.10. The molecule has 29 heavy (non-hydrogen) atoms. The molecule has 0 aliphatic heterocycles. The van der Waals surface area contributed by atoms with Crippen LogP contribution in [0.4, 0.5) is 5.69 Å². The molecule has 0 fully saturated rings. The summed E-state index contributed by atoms with van der Waals surface area (Å²) in [5, 5.41) is 12.2. The van der Waals surface area contributed by atoms with E-state index in [4.69, 9.17) is 0 Å². The number of aromatic carboxylic acids is 1. The highest BCUT2D eigenvalue weighted by atomic mass is 16.4. The number of fused-ring (bicyclic) bond motifs is 1. The zero-order valence-electron chi connectivity index (χ0n) is 16.0. The van der Waals surface area contributed by atoms with Crippen LogP contribution in [-0.4, -0.2) is 26.4 Å². The van der Waals surface area contributed by atoms with Crippen molar-refractivity contribution in [1.82, 2.24) is 9.38 Å². The Morgan fingerprint density at radius 1 is 0.931 bits per heavy atom. The summed E-state index contributed by atoms with van der Waals surface area (Å²) in [6.07, 6.45) is 1.85. The highest BCUT2D eigenvalue weighted by Crippen LogP contribution is 2.27. The standard InChI is InChI=1S/C23H19N3O3/c1-14-7-10-16(11-8-14)20-21(26-13-15(2)9-12-19(26)25-20)22(27)24-18-6-4-3-5-17(18)23(28)29/h3-13H,1-2H3,(H,24,27)(H,28,29). The molecule has 1 amide bonds. The van der Waals surface area contributed by atoms with Crippen molar-refractivity contribution in [1.29, 1.82) is 0 Å². The smallest absolute Gasteiger partial charge is 0.337 e. The molecule has 0 saturated carbocycles. The molecule has 4 rings (SSSR count). The van der Waals surface area contributed by atoms with E-state index in [1.165, 1.54) is 6.07 Å². The highest BCUT2D eigenvalue weighted by Gasteiger charge is 2.22. The van der Waals surface area contributed by atoms with Gasteiger partial charge in [-0.3, -0.25) is 9.20 Å². The first-order valence-corrected chi connectivity index (χ1v) is 9.13. The van der Waals surface area contributed by atoms with Crippen molar-refractivity contribution in [3.8, 4) is 11.3 Å². The fraction of sp³-hybridized carbons (Fsp3) is 0.0870. The molecule has 6 heteroatoms. The number of rotatable bonds is 4. The lowest BCUT2D eigenvalue weighted by atomic mass is 10.1. The van der Waals surface area contributed by atoms with Gasteiger partial charge in [0.25, 0.3) is 5.91 Å². The van der Waals surface area contributed by atoms with Gasteiger partial charge in [-0.15, -0.1) is 0 Å². The Bertz CT molecular complexity index is 1240. The molecule has 0 bridgehead atoms. The number of carboxylic acid groups (broad SMARTS) is 1. The molecule has 0 spiro atoms. The van der Waals surface area contributed by atoms with Gasteiger partial charge in [0.15, 0.2) is 0 Å². The molecule has 144 valence electrons. The van der Waals surface area contributed by atoms with Crippen molar-refractivity contribution in [2.45, 2.75) is 13.8 Å². The molecular formula is C23H19N3O3. The first-order valence-electron chi connectivity index (χ1n) is 9.13. The average Bonchev–Trinajstić information content (AvgIpc) is 3.07. The Hall–Kier alpha value is -3.93. The second-order valence-electron chi connectivity index (χ2n) is 6.91. The summed E-state index contributed by atoms with van der Waals surface area (Å²) in [5.41, 5.74) is 4.70. The van der Waals surface area contributed by atoms with Crippen LogP contribution in [0.25, 0.3) is 16.9 Å². The van der Waals surface area contributed by atoms with Crippen LogP contribution in [0.2, 0.25) is 0 Å². The number of imidazole rings is 1. The summed E-state index contributed by atoms with van der Waals surface area (Å²) in [7, 11) is 0. The minimum atomic E-state index is -1.10. The lowest BCUT2D eigenvalue weighted by Gasteiger charge is -2.10. The summed E-state index contributed by atoms with van der Waals surface area (Å²) in [6, 6.07) is 17.9. The molecule has 6 nitrogen and oxygen atoms in total. The monoisotopic (exact) mass is 385 g/mol. The van der Waals surface area contributed by atoms with Crippen LogP contribution < -0.4 is 5.32 Å². The SMILES string of the molecule is Cc1ccc(-c2nc3ccc(C)cn3c2C(=O)Nc2ccccc2C(=O)O)cc1. The normalized spacial score (nSPS) is 10.8. The Balaban J connectivity index is 1.86. The summed E-state index contributed by atoms with van der Waals surface area (Å²) in [5.74, 6) is -1.53. The molecule has 0 atom stereocenters. The summed E-state index contributed by atoms with van der Waals surface area (Å²) >= 11 is 0. The Labute approximate surface area is 167 Å². The van der Waals surface area contributed by atoms with Gasteiger partial charge in [0, 0.05) is 11.8 Å².